The number of unbranched alkanes of at least 4 members (excludes halogenated alkanes) is 24. The molecule has 0 bridgehead atoms. The smallest absolute Gasteiger partial charge is 0.462 e. The molecule has 2 unspecified atom stereocenters. The molecule has 0 aliphatic carbocycles. The number of hydrogen-bond donors (Lipinski definition) is 3. The molecule has 0 saturated carbocycles. The van der Waals surface area contributed by atoms with Crippen LogP contribution >= 0.6 is 7.82 Å². The Hall–Kier alpha value is -1.88. The lowest BCUT2D eigenvalue weighted by Gasteiger charge is -2.20. The van der Waals surface area contributed by atoms with Crippen molar-refractivity contribution in [3.8, 4) is 0 Å². The first-order chi connectivity index (χ1) is 29.5. The minimum absolute atomic E-state index is 0.101. The van der Waals surface area contributed by atoms with E-state index in [0.717, 1.165) is 63.7 Å². The van der Waals surface area contributed by atoms with Crippen LogP contribution in [-0.2, 0) is 37.5 Å². The molecule has 0 aromatic carbocycles. The summed E-state index contributed by atoms with van der Waals surface area (Å²) >= 11 is 0. The number of ketones is 1. The van der Waals surface area contributed by atoms with Crippen LogP contribution in [0.5, 0.6) is 0 Å². The summed E-state index contributed by atoms with van der Waals surface area (Å²) in [5, 5.41) is 18.4. The van der Waals surface area contributed by atoms with E-state index in [2.05, 4.69) is 31.4 Å². The number of carbonyl (C=O) groups is 3. The molecule has 0 aromatic rings. The predicted molar refractivity (Wildman–Crippen MR) is 247 cm³/mol. The molecule has 0 amide bonds. The summed E-state index contributed by atoms with van der Waals surface area (Å²) in [4.78, 5) is 47.2. The number of esters is 2. The minimum Gasteiger partial charge on any atom is -0.462 e. The van der Waals surface area contributed by atoms with Gasteiger partial charge in [-0.2, -0.15) is 0 Å². The van der Waals surface area contributed by atoms with E-state index in [-0.39, 0.29) is 25.2 Å². The van der Waals surface area contributed by atoms with Crippen molar-refractivity contribution < 1.29 is 52.6 Å². The fourth-order valence-corrected chi connectivity index (χ4v) is 7.68. The van der Waals surface area contributed by atoms with Crippen molar-refractivity contribution in [3.05, 3.63) is 24.3 Å². The molecule has 0 heterocycles. The first-order valence-electron chi connectivity index (χ1n) is 24.6. The normalized spacial score (nSPS) is 14.3. The van der Waals surface area contributed by atoms with Gasteiger partial charge in [-0.25, -0.2) is 4.57 Å². The van der Waals surface area contributed by atoms with Crippen molar-refractivity contribution in [2.24, 2.45) is 5.92 Å². The van der Waals surface area contributed by atoms with Gasteiger partial charge in [-0.3, -0.25) is 23.4 Å². The Balaban J connectivity index is 4.22. The zero-order valence-electron chi connectivity index (χ0n) is 39.1. The van der Waals surface area contributed by atoms with E-state index < -0.39 is 51.8 Å². The molecule has 0 fully saturated rings. The first kappa shape index (κ1) is 59.1. The van der Waals surface area contributed by atoms with Crippen molar-refractivity contribution in [1.82, 2.24) is 0 Å². The van der Waals surface area contributed by atoms with Gasteiger partial charge in [-0.05, 0) is 44.1 Å². The molecule has 11 nitrogen and oxygen atoms in total. The first-order valence-corrected chi connectivity index (χ1v) is 26.1. The molecule has 0 aliphatic rings. The highest BCUT2D eigenvalue weighted by molar-refractivity contribution is 7.47. The monoisotopic (exact) mass is 887 g/mol. The highest BCUT2D eigenvalue weighted by Crippen LogP contribution is 2.43. The Bertz CT molecular complexity index is 1140. The maximum absolute atomic E-state index is 12.6. The van der Waals surface area contributed by atoms with Crippen LogP contribution in [0.2, 0.25) is 0 Å². The molecule has 3 N–H and O–H groups in total. The Morgan fingerprint density at radius 2 is 1.07 bits per heavy atom. The number of aliphatic hydroxyl groups is 2. The lowest BCUT2D eigenvalue weighted by molar-refractivity contribution is -0.161. The summed E-state index contributed by atoms with van der Waals surface area (Å²) in [5.41, 5.74) is 0. The summed E-state index contributed by atoms with van der Waals surface area (Å²) in [6.45, 7) is 4.61. The average Bonchev–Trinajstić information content (AvgIpc) is 3.24. The SMILES string of the molecule is CCCCC/C=C\C=C\C(=O)CCCCCCCC(=O)O[C@H](COC(=O)CCCCCCCCCCCCCCCCCCCCC(C)CC)COP(=O)(O)OC[C@@H](O)CO. The van der Waals surface area contributed by atoms with Gasteiger partial charge in [0, 0.05) is 19.3 Å². The van der Waals surface area contributed by atoms with Gasteiger partial charge < -0.3 is 24.6 Å². The van der Waals surface area contributed by atoms with Gasteiger partial charge in [0.05, 0.1) is 19.8 Å². The summed E-state index contributed by atoms with van der Waals surface area (Å²) in [5.74, 6) is -0.0170. The minimum atomic E-state index is -4.65. The number of phosphoric ester groups is 1. The van der Waals surface area contributed by atoms with Crippen molar-refractivity contribution in [1.29, 1.82) is 0 Å². The quantitative estimate of drug-likeness (QED) is 0.0175. The molecule has 61 heavy (non-hydrogen) atoms. The zero-order chi connectivity index (χ0) is 45.1. The summed E-state index contributed by atoms with van der Waals surface area (Å²) < 4.78 is 32.7. The van der Waals surface area contributed by atoms with Crippen LogP contribution in [0.3, 0.4) is 0 Å². The highest BCUT2D eigenvalue weighted by Gasteiger charge is 2.27. The van der Waals surface area contributed by atoms with Crippen LogP contribution in [0.15, 0.2) is 24.3 Å². The van der Waals surface area contributed by atoms with Gasteiger partial charge in [0.1, 0.15) is 12.7 Å². The summed E-state index contributed by atoms with van der Waals surface area (Å²) in [6.07, 6.45) is 39.6. The van der Waals surface area contributed by atoms with Crippen LogP contribution in [0.1, 0.15) is 226 Å². The van der Waals surface area contributed by atoms with Gasteiger partial charge >= 0.3 is 19.8 Å². The van der Waals surface area contributed by atoms with E-state index in [9.17, 15) is 28.9 Å². The van der Waals surface area contributed by atoms with Crippen molar-refractivity contribution in [2.45, 2.75) is 238 Å². The third kappa shape index (κ3) is 43.2. The lowest BCUT2D eigenvalue weighted by Crippen LogP contribution is -2.29. The standard InChI is InChI=1S/C49H91O11P/c1-4-6-7-8-21-26-31-36-45(51)37-32-27-24-29-34-39-49(54)60-47(43-59-61(55,56)58-41-46(52)40-50)42-57-48(53)38-33-28-23-20-18-16-14-12-10-9-11-13-15-17-19-22-25-30-35-44(3)5-2/h21,26,31,36,44,46-47,50,52H,4-20,22-25,27-30,32-35,37-43H2,1-3H3,(H,55,56)/b26-21-,36-31+/t44?,46-,47+/m0/s1. The average molecular weight is 887 g/mol. The maximum atomic E-state index is 12.6. The van der Waals surface area contributed by atoms with Crippen LogP contribution in [0.4, 0.5) is 0 Å². The number of carbonyl (C=O) groups excluding carboxylic acids is 3. The molecule has 0 aromatic heterocycles. The molecule has 12 heteroatoms. The second kappa shape index (κ2) is 43.4. The molecule has 0 spiro atoms. The third-order valence-electron chi connectivity index (χ3n) is 11.1. The van der Waals surface area contributed by atoms with Crippen LogP contribution in [-0.4, -0.2) is 71.5 Å². The predicted octanol–water partition coefficient (Wildman–Crippen LogP) is 12.8. The zero-order valence-corrected chi connectivity index (χ0v) is 39.9. The number of allylic oxidation sites excluding steroid dienone is 4. The fourth-order valence-electron chi connectivity index (χ4n) is 6.89. The van der Waals surface area contributed by atoms with Crippen molar-refractivity contribution in [3.63, 3.8) is 0 Å². The number of hydrogen-bond acceptors (Lipinski definition) is 10. The van der Waals surface area contributed by atoms with Crippen LogP contribution in [0, 0.1) is 5.92 Å². The van der Waals surface area contributed by atoms with E-state index in [1.165, 1.54) is 116 Å². The molecular weight excluding hydrogens is 796 g/mol. The highest BCUT2D eigenvalue weighted by atomic mass is 31.2. The van der Waals surface area contributed by atoms with Crippen molar-refractivity contribution in [2.75, 3.05) is 26.4 Å². The number of phosphoric acid groups is 1. The topological polar surface area (TPSA) is 166 Å². The molecule has 0 aliphatic heterocycles. The van der Waals surface area contributed by atoms with Gasteiger partial charge in [0.15, 0.2) is 11.9 Å². The van der Waals surface area contributed by atoms with Gasteiger partial charge in [0.2, 0.25) is 0 Å². The second-order valence-corrected chi connectivity index (χ2v) is 18.6. The van der Waals surface area contributed by atoms with Gasteiger partial charge in [-0.1, -0.05) is 193 Å². The van der Waals surface area contributed by atoms with Gasteiger partial charge in [-0.15, -0.1) is 0 Å². The summed E-state index contributed by atoms with van der Waals surface area (Å²) in [7, 11) is -4.65. The van der Waals surface area contributed by atoms with Gasteiger partial charge in [0.25, 0.3) is 0 Å². The molecule has 358 valence electrons. The van der Waals surface area contributed by atoms with E-state index in [0.29, 0.717) is 19.3 Å². The number of rotatable bonds is 46. The largest absolute Gasteiger partial charge is 0.472 e. The van der Waals surface area contributed by atoms with Crippen molar-refractivity contribution >= 4 is 25.5 Å². The molecular formula is C49H91O11P. The van der Waals surface area contributed by atoms with E-state index >= 15 is 0 Å². The van der Waals surface area contributed by atoms with E-state index in [1.54, 1.807) is 12.2 Å². The molecule has 0 saturated heterocycles. The Labute approximate surface area is 372 Å². The molecule has 0 rings (SSSR count). The number of aliphatic hydroxyl groups excluding tert-OH is 2. The third-order valence-corrected chi connectivity index (χ3v) is 12.1. The summed E-state index contributed by atoms with van der Waals surface area (Å²) in [6, 6.07) is 0. The lowest BCUT2D eigenvalue weighted by atomic mass is 9.99. The maximum Gasteiger partial charge on any atom is 0.472 e. The fraction of sp³-hybridized carbons (Fsp3) is 0.857. The Kier molecular flexibility index (Phi) is 42.0. The Morgan fingerprint density at radius 3 is 1.57 bits per heavy atom. The Morgan fingerprint density at radius 1 is 0.590 bits per heavy atom. The second-order valence-electron chi connectivity index (χ2n) is 17.1. The number of ether oxygens (including phenoxy) is 2. The van der Waals surface area contributed by atoms with E-state index in [4.69, 9.17) is 19.1 Å². The van der Waals surface area contributed by atoms with Crippen LogP contribution < -0.4 is 0 Å². The van der Waals surface area contributed by atoms with E-state index in [1.807, 2.05) is 6.08 Å². The van der Waals surface area contributed by atoms with Crippen LogP contribution in [0.25, 0.3) is 0 Å². The molecule has 4 atom stereocenters. The molecule has 0 radical (unpaired) electrons.